The monoisotopic (exact) mass is 390 g/mol. The summed E-state index contributed by atoms with van der Waals surface area (Å²) in [4.78, 5) is 27.5. The average Bonchev–Trinajstić information content (AvgIpc) is 3.26. The maximum absolute atomic E-state index is 13.9. The fourth-order valence-corrected chi connectivity index (χ4v) is 6.15. The fraction of sp³-hybridized carbons (Fsp3) is 0.417. The van der Waals surface area contributed by atoms with E-state index in [4.69, 9.17) is 0 Å². The molecule has 1 spiro atoms. The van der Waals surface area contributed by atoms with Crippen LogP contribution in [0.1, 0.15) is 44.8 Å². The average molecular weight is 390 g/mol. The van der Waals surface area contributed by atoms with Gasteiger partial charge < -0.3 is 5.11 Å². The summed E-state index contributed by atoms with van der Waals surface area (Å²) >= 11 is 0. The minimum Gasteiger partial charge on any atom is -0.378 e. The molecule has 2 saturated carbocycles. The maximum atomic E-state index is 13.9. The van der Waals surface area contributed by atoms with Crippen LogP contribution in [0.25, 0.3) is 0 Å². The van der Waals surface area contributed by atoms with Crippen molar-refractivity contribution in [2.24, 2.45) is 16.7 Å². The lowest BCUT2D eigenvalue weighted by Gasteiger charge is -2.35. The van der Waals surface area contributed by atoms with Gasteiger partial charge in [0.25, 0.3) is 11.8 Å². The highest BCUT2D eigenvalue weighted by molar-refractivity contribution is 6.05. The summed E-state index contributed by atoms with van der Waals surface area (Å²) in [5.74, 6) is -0.0236. The predicted octanol–water partition coefficient (Wildman–Crippen LogP) is 3.71. The first kappa shape index (κ1) is 18.4. The Morgan fingerprint density at radius 2 is 1.69 bits per heavy atom. The Kier molecular flexibility index (Phi) is 3.91. The molecule has 1 saturated heterocycles. The molecule has 29 heavy (non-hydrogen) atoms. The molecular formula is C24H26N2O3. The van der Waals surface area contributed by atoms with Gasteiger partial charge in [-0.15, -0.1) is 0 Å². The van der Waals surface area contributed by atoms with Crippen LogP contribution in [0, 0.1) is 16.7 Å². The second-order valence-electron chi connectivity index (χ2n) is 9.13. The number of fused-ring (bicyclic) bond motifs is 1. The molecule has 2 bridgehead atoms. The summed E-state index contributed by atoms with van der Waals surface area (Å²) < 4.78 is 0. The van der Waals surface area contributed by atoms with E-state index in [2.05, 4.69) is 13.8 Å². The molecule has 5 rings (SSSR count). The fourth-order valence-electron chi connectivity index (χ4n) is 6.15. The Balaban J connectivity index is 1.62. The predicted molar refractivity (Wildman–Crippen MR) is 110 cm³/mol. The van der Waals surface area contributed by atoms with Gasteiger partial charge in [0.15, 0.2) is 6.10 Å². The highest BCUT2D eigenvalue weighted by Gasteiger charge is 2.75. The zero-order valence-corrected chi connectivity index (χ0v) is 16.8. The Morgan fingerprint density at radius 1 is 1.07 bits per heavy atom. The molecule has 4 atom stereocenters. The molecule has 2 aromatic carbocycles. The number of benzene rings is 2. The number of amides is 2. The second kappa shape index (κ2) is 6.17. The summed E-state index contributed by atoms with van der Waals surface area (Å²) in [6.45, 7) is 4.35. The van der Waals surface area contributed by atoms with Crippen molar-refractivity contribution in [2.45, 2.75) is 45.3 Å². The zero-order chi connectivity index (χ0) is 20.4. The van der Waals surface area contributed by atoms with E-state index in [1.807, 2.05) is 36.4 Å². The lowest BCUT2D eigenvalue weighted by Crippen LogP contribution is -2.49. The van der Waals surface area contributed by atoms with E-state index in [9.17, 15) is 14.7 Å². The third kappa shape index (κ3) is 2.25. The van der Waals surface area contributed by atoms with Crippen molar-refractivity contribution >= 4 is 17.5 Å². The van der Waals surface area contributed by atoms with E-state index in [-0.39, 0.29) is 17.4 Å². The number of aliphatic hydroxyl groups excluding tert-OH is 1. The number of para-hydroxylation sites is 1. The highest BCUT2D eigenvalue weighted by atomic mass is 16.3. The molecular weight excluding hydrogens is 364 g/mol. The van der Waals surface area contributed by atoms with Crippen molar-refractivity contribution in [1.29, 1.82) is 0 Å². The number of hydrazine groups is 1. The summed E-state index contributed by atoms with van der Waals surface area (Å²) in [6.07, 6.45) is 1.31. The van der Waals surface area contributed by atoms with Gasteiger partial charge in [0.05, 0.1) is 17.1 Å². The van der Waals surface area contributed by atoms with E-state index in [0.29, 0.717) is 17.2 Å². The number of hydrogen-bond donors (Lipinski definition) is 1. The minimum atomic E-state index is -1.30. The molecule has 150 valence electrons. The summed E-state index contributed by atoms with van der Waals surface area (Å²) in [5.41, 5.74) is 0.462. The van der Waals surface area contributed by atoms with E-state index in [1.165, 1.54) is 0 Å². The van der Waals surface area contributed by atoms with Gasteiger partial charge in [0.1, 0.15) is 0 Å². The second-order valence-corrected chi connectivity index (χ2v) is 9.13. The number of anilines is 1. The maximum Gasteiger partial charge on any atom is 0.275 e. The van der Waals surface area contributed by atoms with Crippen molar-refractivity contribution in [3.05, 3.63) is 66.2 Å². The van der Waals surface area contributed by atoms with Crippen LogP contribution in [-0.2, 0) is 9.59 Å². The van der Waals surface area contributed by atoms with E-state index >= 15 is 0 Å². The number of aliphatic hydroxyl groups is 1. The van der Waals surface area contributed by atoms with Gasteiger partial charge in [0, 0.05) is 0 Å². The molecule has 5 heteroatoms. The standard InChI is InChI=1S/C24H26N2O3/c1-23(2)17-13-14-24(23)19(15-17)26(21(28)20(27)16-9-5-3-6-10-16)25(22(24)29)18-11-7-4-8-12-18/h3-12,17,19-20,27H,13-15H2,1-2H3/t17-,19-,20-,24+/m1/s1. The van der Waals surface area contributed by atoms with Gasteiger partial charge in [0.2, 0.25) is 0 Å². The van der Waals surface area contributed by atoms with Crippen LogP contribution in [0.3, 0.4) is 0 Å². The molecule has 1 N–H and O–H groups in total. The van der Waals surface area contributed by atoms with Crippen molar-refractivity contribution in [2.75, 3.05) is 5.01 Å². The Hall–Kier alpha value is -2.66. The topological polar surface area (TPSA) is 60.9 Å². The molecule has 2 aliphatic carbocycles. The Labute approximate surface area is 170 Å². The molecule has 3 fully saturated rings. The summed E-state index contributed by atoms with van der Waals surface area (Å²) in [6, 6.07) is 18.1. The normalized spacial score (nSPS) is 30.5. The summed E-state index contributed by atoms with van der Waals surface area (Å²) in [5, 5.41) is 14.0. The molecule has 2 aromatic rings. The number of hydrogen-bond acceptors (Lipinski definition) is 3. The first-order chi connectivity index (χ1) is 13.9. The zero-order valence-electron chi connectivity index (χ0n) is 16.8. The number of nitrogens with zero attached hydrogens (tertiary/aromatic N) is 2. The van der Waals surface area contributed by atoms with Crippen LogP contribution in [0.4, 0.5) is 5.69 Å². The van der Waals surface area contributed by atoms with Crippen LogP contribution in [0.5, 0.6) is 0 Å². The van der Waals surface area contributed by atoms with E-state index in [1.54, 1.807) is 34.3 Å². The van der Waals surface area contributed by atoms with E-state index < -0.39 is 17.4 Å². The molecule has 1 heterocycles. The molecule has 2 amide bonds. The first-order valence-corrected chi connectivity index (χ1v) is 10.3. The van der Waals surface area contributed by atoms with Crippen LogP contribution in [0.2, 0.25) is 0 Å². The number of rotatable bonds is 3. The van der Waals surface area contributed by atoms with Gasteiger partial charge in [-0.2, -0.15) is 0 Å². The highest BCUT2D eigenvalue weighted by Crippen LogP contribution is 2.70. The number of carbonyl (C=O) groups excluding carboxylic acids is 2. The lowest BCUT2D eigenvalue weighted by atomic mass is 9.67. The molecule has 0 radical (unpaired) electrons. The third-order valence-electron chi connectivity index (χ3n) is 7.79. The number of carbonyl (C=O) groups is 2. The van der Waals surface area contributed by atoms with Crippen molar-refractivity contribution in [1.82, 2.24) is 5.01 Å². The first-order valence-electron chi connectivity index (χ1n) is 10.3. The van der Waals surface area contributed by atoms with Crippen LogP contribution < -0.4 is 5.01 Å². The summed E-state index contributed by atoms with van der Waals surface area (Å²) in [7, 11) is 0. The van der Waals surface area contributed by atoms with Gasteiger partial charge in [-0.1, -0.05) is 62.4 Å². The van der Waals surface area contributed by atoms with Crippen molar-refractivity contribution < 1.29 is 14.7 Å². The van der Waals surface area contributed by atoms with Gasteiger partial charge in [-0.25, -0.2) is 10.0 Å². The molecule has 0 unspecified atom stereocenters. The minimum absolute atomic E-state index is 0.00712. The van der Waals surface area contributed by atoms with Crippen LogP contribution in [0.15, 0.2) is 60.7 Å². The molecule has 5 nitrogen and oxygen atoms in total. The third-order valence-corrected chi connectivity index (χ3v) is 7.79. The lowest BCUT2D eigenvalue weighted by molar-refractivity contribution is -0.143. The van der Waals surface area contributed by atoms with Gasteiger partial charge >= 0.3 is 0 Å². The van der Waals surface area contributed by atoms with Gasteiger partial charge in [-0.3, -0.25) is 9.59 Å². The van der Waals surface area contributed by atoms with Gasteiger partial charge in [-0.05, 0) is 48.3 Å². The van der Waals surface area contributed by atoms with Crippen LogP contribution in [-0.4, -0.2) is 28.0 Å². The van der Waals surface area contributed by atoms with Crippen molar-refractivity contribution in [3.8, 4) is 0 Å². The Bertz CT molecular complexity index is 959. The molecule has 1 aliphatic heterocycles. The van der Waals surface area contributed by atoms with E-state index in [0.717, 1.165) is 19.3 Å². The van der Waals surface area contributed by atoms with Crippen LogP contribution >= 0.6 is 0 Å². The largest absolute Gasteiger partial charge is 0.378 e. The molecule has 0 aromatic heterocycles. The SMILES string of the molecule is CC1(C)[C@@H]2CC[C@]13C(=O)N(c1ccccc1)N(C(=O)[C@H](O)c1ccccc1)[C@@H]3C2. The Morgan fingerprint density at radius 3 is 2.31 bits per heavy atom. The van der Waals surface area contributed by atoms with Crippen molar-refractivity contribution in [3.63, 3.8) is 0 Å². The quantitative estimate of drug-likeness (QED) is 0.869. The molecule has 3 aliphatic rings. The smallest absolute Gasteiger partial charge is 0.275 e.